The van der Waals surface area contributed by atoms with Crippen molar-refractivity contribution in [3.05, 3.63) is 82.0 Å². The van der Waals surface area contributed by atoms with Gasteiger partial charge >= 0.3 is 0 Å². The number of hydrogen-bond acceptors (Lipinski definition) is 5. The van der Waals surface area contributed by atoms with Crippen LogP contribution in [0.15, 0.2) is 60.0 Å². The molecule has 34 heavy (non-hydrogen) atoms. The van der Waals surface area contributed by atoms with Crippen molar-refractivity contribution >= 4 is 34.5 Å². The van der Waals surface area contributed by atoms with Crippen molar-refractivity contribution in [2.75, 3.05) is 31.1 Å². The number of thiazole rings is 1. The molecule has 8 heteroatoms. The quantitative estimate of drug-likeness (QED) is 0.387. The van der Waals surface area contributed by atoms with Gasteiger partial charge in [-0.3, -0.25) is 4.79 Å². The predicted octanol–water partition coefficient (Wildman–Crippen LogP) is 5.16. The van der Waals surface area contributed by atoms with Crippen LogP contribution in [0.2, 0.25) is 5.02 Å². The molecule has 3 heterocycles. The number of aryl methyl sites for hydroxylation is 1. The largest absolute Gasteiger partial charge is 0.368 e. The average Bonchev–Trinajstić information content (AvgIpc) is 3.46. The van der Waals surface area contributed by atoms with Crippen LogP contribution in [0, 0.1) is 13.8 Å². The van der Waals surface area contributed by atoms with Gasteiger partial charge in [-0.1, -0.05) is 41.9 Å². The van der Waals surface area contributed by atoms with Gasteiger partial charge in [0.2, 0.25) is 11.0 Å². The maximum Gasteiger partial charge on any atom is 0.227 e. The Hall–Kier alpha value is -3.16. The van der Waals surface area contributed by atoms with Gasteiger partial charge in [0, 0.05) is 59.1 Å². The van der Waals surface area contributed by atoms with Gasteiger partial charge in [-0.05, 0) is 38.1 Å². The number of halogens is 1. The molecule has 2 aromatic carbocycles. The zero-order valence-corrected chi connectivity index (χ0v) is 20.8. The predicted molar refractivity (Wildman–Crippen MR) is 138 cm³/mol. The van der Waals surface area contributed by atoms with E-state index in [2.05, 4.69) is 29.2 Å². The van der Waals surface area contributed by atoms with Crippen molar-refractivity contribution in [2.24, 2.45) is 0 Å². The van der Waals surface area contributed by atoms with Crippen molar-refractivity contribution in [3.8, 4) is 16.4 Å². The van der Waals surface area contributed by atoms with Gasteiger partial charge < -0.3 is 9.80 Å². The Kier molecular flexibility index (Phi) is 6.39. The lowest BCUT2D eigenvalue weighted by molar-refractivity contribution is -0.130. The van der Waals surface area contributed by atoms with Gasteiger partial charge in [-0.2, -0.15) is 5.10 Å². The molecular formula is C26H26ClN5OS. The van der Waals surface area contributed by atoms with Crippen LogP contribution in [0.1, 0.15) is 17.0 Å². The molecule has 2 aromatic heterocycles. The SMILES string of the molecule is Cc1nn(-c2nc(-c3ccc(Cl)cc3)cs2)c(C)c1CC(=O)N1CCN(c2ccccc2)CC1. The first kappa shape index (κ1) is 22.6. The van der Waals surface area contributed by atoms with E-state index in [1.807, 2.05) is 59.1 Å². The lowest BCUT2D eigenvalue weighted by Crippen LogP contribution is -2.49. The van der Waals surface area contributed by atoms with Crippen LogP contribution in [0.5, 0.6) is 0 Å². The summed E-state index contributed by atoms with van der Waals surface area (Å²) >= 11 is 7.55. The molecule has 0 atom stereocenters. The van der Waals surface area contributed by atoms with E-state index >= 15 is 0 Å². The molecular weight excluding hydrogens is 466 g/mol. The van der Waals surface area contributed by atoms with Crippen LogP contribution in [-0.4, -0.2) is 51.8 Å². The number of para-hydroxylation sites is 1. The van der Waals surface area contributed by atoms with Crippen LogP contribution in [-0.2, 0) is 11.2 Å². The minimum atomic E-state index is 0.152. The minimum absolute atomic E-state index is 0.152. The van der Waals surface area contributed by atoms with Crippen molar-refractivity contribution < 1.29 is 4.79 Å². The summed E-state index contributed by atoms with van der Waals surface area (Å²) in [7, 11) is 0. The summed E-state index contributed by atoms with van der Waals surface area (Å²) in [5.41, 5.74) is 5.93. The number of hydrogen-bond donors (Lipinski definition) is 0. The summed E-state index contributed by atoms with van der Waals surface area (Å²) in [6, 6.07) is 18.0. The second-order valence-corrected chi connectivity index (χ2v) is 9.74. The molecule has 0 aliphatic carbocycles. The molecule has 0 saturated carbocycles. The monoisotopic (exact) mass is 491 g/mol. The van der Waals surface area contributed by atoms with Crippen molar-refractivity contribution in [1.82, 2.24) is 19.7 Å². The van der Waals surface area contributed by atoms with E-state index in [9.17, 15) is 4.79 Å². The fourth-order valence-corrected chi connectivity index (χ4v) is 5.31. The number of aromatic nitrogens is 3. The zero-order chi connectivity index (χ0) is 23.7. The van der Waals surface area contributed by atoms with Gasteiger partial charge in [0.15, 0.2) is 0 Å². The number of carbonyl (C=O) groups excluding carboxylic acids is 1. The fraction of sp³-hybridized carbons (Fsp3) is 0.269. The normalized spacial score (nSPS) is 14.0. The number of rotatable bonds is 5. The first-order valence-electron chi connectivity index (χ1n) is 11.3. The Morgan fingerprint density at radius 2 is 1.71 bits per heavy atom. The summed E-state index contributed by atoms with van der Waals surface area (Å²) in [6.07, 6.45) is 0.360. The molecule has 1 aliphatic heterocycles. The van der Waals surface area contributed by atoms with Gasteiger partial charge in [0.1, 0.15) is 0 Å². The van der Waals surface area contributed by atoms with Gasteiger partial charge in [0.25, 0.3) is 0 Å². The molecule has 1 saturated heterocycles. The summed E-state index contributed by atoms with van der Waals surface area (Å²) in [4.78, 5) is 22.2. The summed E-state index contributed by atoms with van der Waals surface area (Å²) in [6.45, 7) is 7.14. The van der Waals surface area contributed by atoms with Crippen LogP contribution >= 0.6 is 22.9 Å². The van der Waals surface area contributed by atoms with E-state index in [0.29, 0.717) is 11.4 Å². The van der Waals surface area contributed by atoms with Gasteiger partial charge in [0.05, 0.1) is 17.8 Å². The molecule has 1 aliphatic rings. The van der Waals surface area contributed by atoms with E-state index < -0.39 is 0 Å². The Balaban J connectivity index is 1.27. The second kappa shape index (κ2) is 9.60. The van der Waals surface area contributed by atoms with E-state index in [1.165, 1.54) is 17.0 Å². The molecule has 6 nitrogen and oxygen atoms in total. The van der Waals surface area contributed by atoms with Gasteiger partial charge in [-0.25, -0.2) is 9.67 Å². The summed E-state index contributed by atoms with van der Waals surface area (Å²) in [5.74, 6) is 0.152. The number of amides is 1. The van der Waals surface area contributed by atoms with Crippen LogP contribution in [0.4, 0.5) is 5.69 Å². The van der Waals surface area contributed by atoms with E-state index in [-0.39, 0.29) is 5.91 Å². The van der Waals surface area contributed by atoms with Crippen molar-refractivity contribution in [2.45, 2.75) is 20.3 Å². The molecule has 5 rings (SSSR count). The molecule has 0 bridgehead atoms. The smallest absolute Gasteiger partial charge is 0.227 e. The number of anilines is 1. The molecule has 4 aromatic rings. The first-order chi connectivity index (χ1) is 16.5. The van der Waals surface area contributed by atoms with Crippen LogP contribution in [0.3, 0.4) is 0 Å². The topological polar surface area (TPSA) is 54.3 Å². The molecule has 0 N–H and O–H groups in total. The minimum Gasteiger partial charge on any atom is -0.368 e. The van der Waals surface area contributed by atoms with E-state index in [1.54, 1.807) is 0 Å². The Morgan fingerprint density at radius 1 is 1.00 bits per heavy atom. The fourth-order valence-electron chi connectivity index (χ4n) is 4.35. The molecule has 174 valence electrons. The highest BCUT2D eigenvalue weighted by Gasteiger charge is 2.24. The maximum atomic E-state index is 13.1. The third-order valence-corrected chi connectivity index (χ3v) is 7.40. The van der Waals surface area contributed by atoms with Gasteiger partial charge in [-0.15, -0.1) is 11.3 Å². The number of nitrogens with zero attached hydrogens (tertiary/aromatic N) is 5. The summed E-state index contributed by atoms with van der Waals surface area (Å²) < 4.78 is 1.86. The van der Waals surface area contributed by atoms with Crippen molar-refractivity contribution in [1.29, 1.82) is 0 Å². The zero-order valence-electron chi connectivity index (χ0n) is 19.2. The third kappa shape index (κ3) is 4.58. The standard InChI is InChI=1S/C26H26ClN5OS/c1-18-23(16-25(33)31-14-12-30(13-15-31)22-6-4-3-5-7-22)19(2)32(29-18)26-28-24(17-34-26)20-8-10-21(27)11-9-20/h3-11,17H,12-16H2,1-2H3. The lowest BCUT2D eigenvalue weighted by Gasteiger charge is -2.36. The number of carbonyl (C=O) groups is 1. The van der Waals surface area contributed by atoms with E-state index in [4.69, 9.17) is 21.7 Å². The highest BCUT2D eigenvalue weighted by atomic mass is 35.5. The van der Waals surface area contributed by atoms with Crippen LogP contribution < -0.4 is 4.90 Å². The molecule has 0 radical (unpaired) electrons. The molecule has 0 unspecified atom stereocenters. The summed E-state index contributed by atoms with van der Waals surface area (Å²) in [5, 5.41) is 8.23. The first-order valence-corrected chi connectivity index (χ1v) is 12.6. The maximum absolute atomic E-state index is 13.1. The Morgan fingerprint density at radius 3 is 2.41 bits per heavy atom. The Labute approximate surface area is 208 Å². The van der Waals surface area contributed by atoms with E-state index in [0.717, 1.165) is 59.5 Å². The highest BCUT2D eigenvalue weighted by molar-refractivity contribution is 7.12. The lowest BCUT2D eigenvalue weighted by atomic mass is 10.1. The van der Waals surface area contributed by atoms with Crippen molar-refractivity contribution in [3.63, 3.8) is 0 Å². The average molecular weight is 492 g/mol. The molecule has 1 fully saturated rings. The third-order valence-electron chi connectivity index (χ3n) is 6.34. The number of piperazine rings is 1. The van der Waals surface area contributed by atoms with Crippen LogP contribution in [0.25, 0.3) is 16.4 Å². The highest BCUT2D eigenvalue weighted by Crippen LogP contribution is 2.27. The molecule has 1 amide bonds. The number of benzene rings is 2. The Bertz CT molecular complexity index is 1290. The molecule has 0 spiro atoms. The second-order valence-electron chi connectivity index (χ2n) is 8.46.